The Hall–Kier alpha value is -0.930. The number of nitrogens with one attached hydrogen (secondary N) is 1. The molecule has 1 N–H and O–H groups in total. The molecule has 1 aliphatic heterocycles. The van der Waals surface area contributed by atoms with Gasteiger partial charge in [-0.05, 0) is 62.8 Å². The van der Waals surface area contributed by atoms with Crippen LogP contribution in [-0.2, 0) is 4.74 Å². The Morgan fingerprint density at radius 2 is 2.14 bits per heavy atom. The van der Waals surface area contributed by atoms with Gasteiger partial charge in [0.1, 0.15) is 0 Å². The summed E-state index contributed by atoms with van der Waals surface area (Å²) in [6.45, 7) is 3.09. The van der Waals surface area contributed by atoms with Gasteiger partial charge in [-0.25, -0.2) is 0 Å². The SMILES string of the molecule is CNC(c1ccncc1C)C1CCOC2(CCCCC2)C1. The quantitative estimate of drug-likeness (QED) is 0.919. The second-order valence-electron chi connectivity index (χ2n) is 6.84. The second kappa shape index (κ2) is 6.45. The molecule has 3 heteroatoms. The molecule has 1 saturated carbocycles. The van der Waals surface area contributed by atoms with E-state index in [-0.39, 0.29) is 5.60 Å². The average molecular weight is 288 g/mol. The summed E-state index contributed by atoms with van der Waals surface area (Å²) in [5.74, 6) is 0.669. The summed E-state index contributed by atoms with van der Waals surface area (Å²) in [6, 6.07) is 2.61. The molecule has 2 atom stereocenters. The van der Waals surface area contributed by atoms with E-state index in [0.29, 0.717) is 12.0 Å². The van der Waals surface area contributed by atoms with E-state index in [1.165, 1.54) is 49.7 Å². The molecule has 2 heterocycles. The van der Waals surface area contributed by atoms with E-state index in [2.05, 4.69) is 30.3 Å². The van der Waals surface area contributed by atoms with Crippen LogP contribution < -0.4 is 5.32 Å². The molecular formula is C18H28N2O. The minimum absolute atomic E-state index is 0.178. The summed E-state index contributed by atoms with van der Waals surface area (Å²) in [7, 11) is 2.09. The number of ether oxygens (including phenoxy) is 1. The van der Waals surface area contributed by atoms with Gasteiger partial charge >= 0.3 is 0 Å². The zero-order chi connectivity index (χ0) is 14.7. The lowest BCUT2D eigenvalue weighted by molar-refractivity contribution is -0.121. The molecule has 21 heavy (non-hydrogen) atoms. The van der Waals surface area contributed by atoms with Crippen LogP contribution in [0.15, 0.2) is 18.5 Å². The summed E-state index contributed by atoms with van der Waals surface area (Å²) >= 11 is 0. The zero-order valence-electron chi connectivity index (χ0n) is 13.4. The number of hydrogen-bond acceptors (Lipinski definition) is 3. The molecule has 2 aliphatic rings. The monoisotopic (exact) mass is 288 g/mol. The van der Waals surface area contributed by atoms with Gasteiger partial charge in [-0.15, -0.1) is 0 Å². The van der Waals surface area contributed by atoms with Gasteiger partial charge in [-0.3, -0.25) is 4.98 Å². The molecule has 1 saturated heterocycles. The molecule has 1 aliphatic carbocycles. The van der Waals surface area contributed by atoms with Crippen molar-refractivity contribution in [2.45, 2.75) is 63.5 Å². The van der Waals surface area contributed by atoms with Crippen LogP contribution in [0.1, 0.15) is 62.1 Å². The van der Waals surface area contributed by atoms with Crippen molar-refractivity contribution < 1.29 is 4.74 Å². The van der Waals surface area contributed by atoms with Crippen LogP contribution in [-0.4, -0.2) is 24.2 Å². The van der Waals surface area contributed by atoms with E-state index in [9.17, 15) is 0 Å². The van der Waals surface area contributed by atoms with Crippen LogP contribution in [0.4, 0.5) is 0 Å². The summed E-state index contributed by atoms with van der Waals surface area (Å²) in [6.07, 6.45) is 12.8. The molecule has 0 aromatic carbocycles. The largest absolute Gasteiger partial charge is 0.375 e. The molecular weight excluding hydrogens is 260 g/mol. The van der Waals surface area contributed by atoms with E-state index in [4.69, 9.17) is 4.74 Å². The zero-order valence-corrected chi connectivity index (χ0v) is 13.4. The van der Waals surface area contributed by atoms with Crippen molar-refractivity contribution in [3.05, 3.63) is 29.6 Å². The van der Waals surface area contributed by atoms with Crippen molar-refractivity contribution >= 4 is 0 Å². The van der Waals surface area contributed by atoms with Crippen molar-refractivity contribution in [3.8, 4) is 0 Å². The Morgan fingerprint density at radius 3 is 2.86 bits per heavy atom. The fourth-order valence-corrected chi connectivity index (χ4v) is 4.37. The van der Waals surface area contributed by atoms with Gasteiger partial charge in [0, 0.05) is 25.0 Å². The number of pyridine rings is 1. The normalized spacial score (nSPS) is 26.7. The molecule has 1 spiro atoms. The standard InChI is InChI=1S/C18H28N2O/c1-14-13-20-10-6-16(14)17(19-2)15-7-11-21-18(12-15)8-4-3-5-9-18/h6,10,13,15,17,19H,3-5,7-9,11-12H2,1-2H3. The highest BCUT2D eigenvalue weighted by molar-refractivity contribution is 5.26. The van der Waals surface area contributed by atoms with Crippen LogP contribution in [0.3, 0.4) is 0 Å². The third-order valence-corrected chi connectivity index (χ3v) is 5.48. The van der Waals surface area contributed by atoms with Crippen LogP contribution in [0.2, 0.25) is 0 Å². The molecule has 3 nitrogen and oxygen atoms in total. The first-order valence-electron chi connectivity index (χ1n) is 8.46. The highest BCUT2D eigenvalue weighted by Gasteiger charge is 2.40. The smallest absolute Gasteiger partial charge is 0.0686 e. The van der Waals surface area contributed by atoms with E-state index in [1.807, 2.05) is 12.4 Å². The molecule has 3 rings (SSSR count). The first-order valence-corrected chi connectivity index (χ1v) is 8.46. The second-order valence-corrected chi connectivity index (χ2v) is 6.84. The maximum Gasteiger partial charge on any atom is 0.0686 e. The molecule has 0 bridgehead atoms. The Morgan fingerprint density at radius 1 is 1.33 bits per heavy atom. The topological polar surface area (TPSA) is 34.2 Å². The molecule has 0 radical (unpaired) electrons. The average Bonchev–Trinajstić information content (AvgIpc) is 2.51. The summed E-state index contributed by atoms with van der Waals surface area (Å²) < 4.78 is 6.26. The summed E-state index contributed by atoms with van der Waals surface area (Å²) in [4.78, 5) is 4.24. The van der Waals surface area contributed by atoms with E-state index < -0.39 is 0 Å². The third kappa shape index (κ3) is 3.14. The first kappa shape index (κ1) is 15.0. The van der Waals surface area contributed by atoms with E-state index in [1.54, 1.807) is 0 Å². The molecule has 1 aromatic rings. The highest BCUT2D eigenvalue weighted by atomic mass is 16.5. The molecule has 2 fully saturated rings. The van der Waals surface area contributed by atoms with Gasteiger partial charge in [0.05, 0.1) is 5.60 Å². The van der Waals surface area contributed by atoms with Crippen molar-refractivity contribution in [1.82, 2.24) is 10.3 Å². The predicted octanol–water partition coefficient (Wildman–Crippen LogP) is 3.78. The Kier molecular flexibility index (Phi) is 4.60. The number of aromatic nitrogens is 1. The number of nitrogens with zero attached hydrogens (tertiary/aromatic N) is 1. The van der Waals surface area contributed by atoms with Gasteiger partial charge in [0.2, 0.25) is 0 Å². The van der Waals surface area contributed by atoms with Crippen LogP contribution in [0, 0.1) is 12.8 Å². The number of rotatable bonds is 3. The predicted molar refractivity (Wildman–Crippen MR) is 85.3 cm³/mol. The maximum atomic E-state index is 6.26. The van der Waals surface area contributed by atoms with Crippen LogP contribution >= 0.6 is 0 Å². The van der Waals surface area contributed by atoms with E-state index >= 15 is 0 Å². The van der Waals surface area contributed by atoms with Gasteiger partial charge in [0.15, 0.2) is 0 Å². The number of aryl methyl sites for hydroxylation is 1. The fraction of sp³-hybridized carbons (Fsp3) is 0.722. The van der Waals surface area contributed by atoms with Gasteiger partial charge in [0.25, 0.3) is 0 Å². The fourth-order valence-electron chi connectivity index (χ4n) is 4.37. The Balaban J connectivity index is 1.79. The minimum atomic E-state index is 0.178. The molecule has 1 aromatic heterocycles. The van der Waals surface area contributed by atoms with Gasteiger partial charge in [-0.2, -0.15) is 0 Å². The van der Waals surface area contributed by atoms with Gasteiger partial charge in [-0.1, -0.05) is 19.3 Å². The third-order valence-electron chi connectivity index (χ3n) is 5.48. The minimum Gasteiger partial charge on any atom is -0.375 e. The lowest BCUT2D eigenvalue weighted by Gasteiger charge is -2.45. The molecule has 2 unspecified atom stereocenters. The first-order chi connectivity index (χ1) is 10.2. The number of hydrogen-bond donors (Lipinski definition) is 1. The maximum absolute atomic E-state index is 6.26. The van der Waals surface area contributed by atoms with Crippen LogP contribution in [0.5, 0.6) is 0 Å². The van der Waals surface area contributed by atoms with Crippen LogP contribution in [0.25, 0.3) is 0 Å². The van der Waals surface area contributed by atoms with Crippen molar-refractivity contribution in [2.24, 2.45) is 5.92 Å². The lowest BCUT2D eigenvalue weighted by Crippen LogP contribution is -2.44. The molecule has 116 valence electrons. The van der Waals surface area contributed by atoms with E-state index in [0.717, 1.165) is 13.0 Å². The Labute approximate surface area is 128 Å². The van der Waals surface area contributed by atoms with Crippen molar-refractivity contribution in [2.75, 3.05) is 13.7 Å². The Bertz CT molecular complexity index is 463. The highest BCUT2D eigenvalue weighted by Crippen LogP contribution is 2.44. The lowest BCUT2D eigenvalue weighted by atomic mass is 9.73. The summed E-state index contributed by atoms with van der Waals surface area (Å²) in [5.41, 5.74) is 2.88. The van der Waals surface area contributed by atoms with Crippen molar-refractivity contribution in [3.63, 3.8) is 0 Å². The van der Waals surface area contributed by atoms with Crippen molar-refractivity contribution in [1.29, 1.82) is 0 Å². The molecule has 0 amide bonds. The van der Waals surface area contributed by atoms with Gasteiger partial charge < -0.3 is 10.1 Å². The summed E-state index contributed by atoms with van der Waals surface area (Å²) in [5, 5.41) is 3.57.